The van der Waals surface area contributed by atoms with Gasteiger partial charge >= 0.3 is 0 Å². The molecule has 0 unspecified atom stereocenters. The Labute approximate surface area is 86.0 Å². The number of hydrogen-bond acceptors (Lipinski definition) is 2. The van der Waals surface area contributed by atoms with Crippen LogP contribution in [0.5, 0.6) is 0 Å². The molecule has 1 aromatic carbocycles. The third-order valence-corrected chi connectivity index (χ3v) is 2.71. The van der Waals surface area contributed by atoms with Crippen molar-refractivity contribution in [3.8, 4) is 0 Å². The van der Waals surface area contributed by atoms with Gasteiger partial charge < -0.3 is 10.4 Å². The first-order valence-electron chi connectivity index (χ1n) is 5.21. The standard InChI is InChI=1S/C12H19NO/c1-3-12(14,4-2)10-13-11-8-6-5-7-9-11/h5-9,13-14H,3-4,10H2,1-2H3. The van der Waals surface area contributed by atoms with E-state index in [1.165, 1.54) is 0 Å². The van der Waals surface area contributed by atoms with Crippen LogP contribution in [0.15, 0.2) is 30.3 Å². The molecule has 0 heterocycles. The van der Waals surface area contributed by atoms with Crippen molar-refractivity contribution < 1.29 is 5.11 Å². The number of benzene rings is 1. The molecule has 2 N–H and O–H groups in total. The van der Waals surface area contributed by atoms with E-state index in [9.17, 15) is 5.11 Å². The Hall–Kier alpha value is -1.02. The van der Waals surface area contributed by atoms with Gasteiger partial charge in [-0.3, -0.25) is 0 Å². The number of nitrogens with one attached hydrogen (secondary N) is 1. The lowest BCUT2D eigenvalue weighted by Crippen LogP contribution is -2.35. The predicted molar refractivity (Wildman–Crippen MR) is 60.5 cm³/mol. The summed E-state index contributed by atoms with van der Waals surface area (Å²) in [6.45, 7) is 4.64. The number of hydrogen-bond donors (Lipinski definition) is 2. The Balaban J connectivity index is 2.48. The Bertz CT molecular complexity index is 254. The van der Waals surface area contributed by atoms with Crippen molar-refractivity contribution >= 4 is 5.69 Å². The van der Waals surface area contributed by atoms with Crippen molar-refractivity contribution in [3.63, 3.8) is 0 Å². The first-order valence-corrected chi connectivity index (χ1v) is 5.21. The van der Waals surface area contributed by atoms with Crippen LogP contribution in [-0.2, 0) is 0 Å². The van der Waals surface area contributed by atoms with Gasteiger partial charge in [0.2, 0.25) is 0 Å². The van der Waals surface area contributed by atoms with Gasteiger partial charge in [0.05, 0.1) is 5.60 Å². The highest BCUT2D eigenvalue weighted by Crippen LogP contribution is 2.16. The maximum Gasteiger partial charge on any atom is 0.0814 e. The average Bonchev–Trinajstić information content (AvgIpc) is 2.27. The van der Waals surface area contributed by atoms with Gasteiger partial charge in [-0.2, -0.15) is 0 Å². The first kappa shape index (κ1) is 11.1. The lowest BCUT2D eigenvalue weighted by atomic mass is 9.97. The summed E-state index contributed by atoms with van der Waals surface area (Å²) < 4.78 is 0. The third-order valence-electron chi connectivity index (χ3n) is 2.71. The summed E-state index contributed by atoms with van der Waals surface area (Å²) in [7, 11) is 0. The Morgan fingerprint density at radius 2 is 1.71 bits per heavy atom. The molecule has 0 saturated carbocycles. The van der Waals surface area contributed by atoms with Crippen LogP contribution in [0.25, 0.3) is 0 Å². The Morgan fingerprint density at radius 3 is 2.21 bits per heavy atom. The lowest BCUT2D eigenvalue weighted by Gasteiger charge is -2.25. The summed E-state index contributed by atoms with van der Waals surface area (Å²) >= 11 is 0. The molecule has 0 aromatic heterocycles. The topological polar surface area (TPSA) is 32.3 Å². The fraction of sp³-hybridized carbons (Fsp3) is 0.500. The molecule has 0 bridgehead atoms. The van der Waals surface area contributed by atoms with Crippen LogP contribution in [-0.4, -0.2) is 17.3 Å². The van der Waals surface area contributed by atoms with Gasteiger partial charge in [-0.05, 0) is 25.0 Å². The molecule has 0 radical (unpaired) electrons. The van der Waals surface area contributed by atoms with E-state index in [0.29, 0.717) is 6.54 Å². The van der Waals surface area contributed by atoms with E-state index < -0.39 is 5.60 Å². The minimum absolute atomic E-state index is 0.574. The lowest BCUT2D eigenvalue weighted by molar-refractivity contribution is 0.0457. The second-order valence-electron chi connectivity index (χ2n) is 3.65. The Kier molecular flexibility index (Phi) is 3.96. The van der Waals surface area contributed by atoms with Crippen LogP contribution >= 0.6 is 0 Å². The van der Waals surface area contributed by atoms with Gasteiger partial charge in [0, 0.05) is 12.2 Å². The van der Waals surface area contributed by atoms with Gasteiger partial charge in [-0.25, -0.2) is 0 Å². The maximum atomic E-state index is 10.0. The molecule has 0 spiro atoms. The number of rotatable bonds is 5. The van der Waals surface area contributed by atoms with Crippen LogP contribution < -0.4 is 5.32 Å². The normalized spacial score (nSPS) is 11.4. The molecule has 1 aromatic rings. The molecule has 14 heavy (non-hydrogen) atoms. The van der Waals surface area contributed by atoms with Gasteiger partial charge in [0.15, 0.2) is 0 Å². The van der Waals surface area contributed by atoms with E-state index in [2.05, 4.69) is 5.32 Å². The molecular weight excluding hydrogens is 174 g/mol. The average molecular weight is 193 g/mol. The zero-order chi connectivity index (χ0) is 10.4. The second kappa shape index (κ2) is 5.01. The minimum atomic E-state index is -0.574. The van der Waals surface area contributed by atoms with Crippen LogP contribution in [0.1, 0.15) is 26.7 Å². The molecule has 0 aliphatic heterocycles. The van der Waals surface area contributed by atoms with E-state index >= 15 is 0 Å². The highest BCUT2D eigenvalue weighted by Gasteiger charge is 2.21. The van der Waals surface area contributed by atoms with Crippen LogP contribution in [0.3, 0.4) is 0 Å². The largest absolute Gasteiger partial charge is 0.388 e. The van der Waals surface area contributed by atoms with E-state index in [1.54, 1.807) is 0 Å². The molecule has 0 aliphatic rings. The SMILES string of the molecule is CCC(O)(CC)CNc1ccccc1. The summed E-state index contributed by atoms with van der Waals surface area (Å²) in [5.41, 5.74) is 0.489. The summed E-state index contributed by atoms with van der Waals surface area (Å²) in [5.74, 6) is 0. The van der Waals surface area contributed by atoms with Crippen LogP contribution in [0.2, 0.25) is 0 Å². The molecule has 1 rings (SSSR count). The van der Waals surface area contributed by atoms with Crippen molar-refractivity contribution in [1.29, 1.82) is 0 Å². The van der Waals surface area contributed by atoms with Gasteiger partial charge in [0.25, 0.3) is 0 Å². The van der Waals surface area contributed by atoms with Gasteiger partial charge in [-0.15, -0.1) is 0 Å². The van der Waals surface area contributed by atoms with E-state index in [-0.39, 0.29) is 0 Å². The highest BCUT2D eigenvalue weighted by molar-refractivity contribution is 5.42. The highest BCUT2D eigenvalue weighted by atomic mass is 16.3. The predicted octanol–water partition coefficient (Wildman–Crippen LogP) is 2.65. The van der Waals surface area contributed by atoms with Crippen molar-refractivity contribution in [1.82, 2.24) is 0 Å². The van der Waals surface area contributed by atoms with Crippen molar-refractivity contribution in [2.75, 3.05) is 11.9 Å². The molecular formula is C12H19NO. The van der Waals surface area contributed by atoms with Crippen molar-refractivity contribution in [3.05, 3.63) is 30.3 Å². The molecule has 78 valence electrons. The zero-order valence-corrected chi connectivity index (χ0v) is 8.96. The summed E-state index contributed by atoms with van der Waals surface area (Å²) in [5, 5.41) is 13.3. The van der Waals surface area contributed by atoms with Gasteiger partial charge in [-0.1, -0.05) is 32.0 Å². The summed E-state index contributed by atoms with van der Waals surface area (Å²) in [6, 6.07) is 9.97. The zero-order valence-electron chi connectivity index (χ0n) is 8.96. The number of para-hydroxylation sites is 1. The van der Waals surface area contributed by atoms with E-state index in [0.717, 1.165) is 18.5 Å². The van der Waals surface area contributed by atoms with E-state index in [4.69, 9.17) is 0 Å². The quantitative estimate of drug-likeness (QED) is 0.753. The fourth-order valence-corrected chi connectivity index (χ4v) is 1.32. The fourth-order valence-electron chi connectivity index (χ4n) is 1.32. The molecule has 0 aliphatic carbocycles. The molecule has 0 atom stereocenters. The molecule has 2 nitrogen and oxygen atoms in total. The Morgan fingerprint density at radius 1 is 1.14 bits per heavy atom. The van der Waals surface area contributed by atoms with Gasteiger partial charge in [0.1, 0.15) is 0 Å². The minimum Gasteiger partial charge on any atom is -0.388 e. The van der Waals surface area contributed by atoms with Crippen LogP contribution in [0, 0.1) is 0 Å². The smallest absolute Gasteiger partial charge is 0.0814 e. The molecule has 0 saturated heterocycles. The maximum absolute atomic E-state index is 10.0. The summed E-state index contributed by atoms with van der Waals surface area (Å²) in [6.07, 6.45) is 1.56. The van der Waals surface area contributed by atoms with Crippen LogP contribution in [0.4, 0.5) is 5.69 Å². The number of aliphatic hydroxyl groups is 1. The van der Waals surface area contributed by atoms with Crippen molar-refractivity contribution in [2.24, 2.45) is 0 Å². The molecule has 0 fully saturated rings. The van der Waals surface area contributed by atoms with E-state index in [1.807, 2.05) is 44.2 Å². The second-order valence-corrected chi connectivity index (χ2v) is 3.65. The summed E-state index contributed by atoms with van der Waals surface area (Å²) in [4.78, 5) is 0. The third kappa shape index (κ3) is 3.04. The molecule has 0 amide bonds. The van der Waals surface area contributed by atoms with Crippen molar-refractivity contribution in [2.45, 2.75) is 32.3 Å². The molecule has 2 heteroatoms. The monoisotopic (exact) mass is 193 g/mol. The number of anilines is 1. The first-order chi connectivity index (χ1) is 6.70.